The molecule has 0 aliphatic rings. The fourth-order valence-electron chi connectivity index (χ4n) is 2.02. The quantitative estimate of drug-likeness (QED) is 0.688. The van der Waals surface area contributed by atoms with E-state index in [0.717, 1.165) is 17.7 Å². The highest BCUT2D eigenvalue weighted by molar-refractivity contribution is 5.90. The van der Waals surface area contributed by atoms with Gasteiger partial charge >= 0.3 is 0 Å². The Kier molecular flexibility index (Phi) is 7.60. The Hall–Kier alpha value is -1.88. The maximum Gasteiger partial charge on any atom is 0.224 e. The van der Waals surface area contributed by atoms with Crippen molar-refractivity contribution in [1.82, 2.24) is 5.32 Å². The van der Waals surface area contributed by atoms with Crippen LogP contribution in [0.15, 0.2) is 24.3 Å². The van der Waals surface area contributed by atoms with Gasteiger partial charge in [-0.2, -0.15) is 0 Å². The van der Waals surface area contributed by atoms with Crippen molar-refractivity contribution in [3.63, 3.8) is 0 Å². The molecule has 1 rings (SSSR count). The second-order valence-electron chi connectivity index (χ2n) is 5.77. The molecule has 5 heteroatoms. The molecule has 0 saturated heterocycles. The summed E-state index contributed by atoms with van der Waals surface area (Å²) in [5.41, 5.74) is 1.60. The molecule has 5 nitrogen and oxygen atoms in total. The Morgan fingerprint density at radius 2 is 1.77 bits per heavy atom. The van der Waals surface area contributed by atoms with Gasteiger partial charge in [0.25, 0.3) is 0 Å². The lowest BCUT2D eigenvalue weighted by Crippen LogP contribution is -2.41. The minimum absolute atomic E-state index is 0.00397. The maximum atomic E-state index is 11.9. The number of anilines is 1. The average Bonchev–Trinajstić information content (AvgIpc) is 2.46. The molecule has 0 spiro atoms. The van der Waals surface area contributed by atoms with Crippen molar-refractivity contribution < 1.29 is 14.7 Å². The van der Waals surface area contributed by atoms with Crippen LogP contribution in [0.5, 0.6) is 0 Å². The van der Waals surface area contributed by atoms with E-state index in [1.165, 1.54) is 0 Å². The molecule has 0 radical (unpaired) electrons. The van der Waals surface area contributed by atoms with Gasteiger partial charge in [0.15, 0.2) is 0 Å². The number of benzene rings is 1. The SMILES string of the molecule is CCCC(=O)Nc1ccc(CC(=O)N[C@@H](CO)C(C)C)cc1. The number of aliphatic hydroxyl groups excluding tert-OH is 1. The standard InChI is InChI=1S/C17H26N2O3/c1-4-5-16(21)18-14-8-6-13(7-9-14)10-17(22)19-15(11-20)12(2)3/h6-9,12,15,20H,4-5,10-11H2,1-3H3,(H,18,21)(H,19,22)/t15-/m0/s1. The van der Waals surface area contributed by atoms with Crippen molar-refractivity contribution in [2.45, 2.75) is 46.1 Å². The van der Waals surface area contributed by atoms with Gasteiger partial charge in [0.05, 0.1) is 19.1 Å². The Bertz CT molecular complexity index is 483. The molecule has 1 atom stereocenters. The highest BCUT2D eigenvalue weighted by Crippen LogP contribution is 2.11. The number of carbonyl (C=O) groups excluding carboxylic acids is 2. The summed E-state index contributed by atoms with van der Waals surface area (Å²) in [4.78, 5) is 23.4. The fourth-order valence-corrected chi connectivity index (χ4v) is 2.02. The second kappa shape index (κ2) is 9.20. The van der Waals surface area contributed by atoms with Crippen LogP contribution < -0.4 is 10.6 Å². The van der Waals surface area contributed by atoms with Crippen LogP contribution in [0.3, 0.4) is 0 Å². The predicted octanol–water partition coefficient (Wildman–Crippen LogP) is 2.10. The Morgan fingerprint density at radius 3 is 2.27 bits per heavy atom. The van der Waals surface area contributed by atoms with Crippen molar-refractivity contribution >= 4 is 17.5 Å². The van der Waals surface area contributed by atoms with E-state index in [4.69, 9.17) is 0 Å². The van der Waals surface area contributed by atoms with Gasteiger partial charge in [-0.05, 0) is 30.0 Å². The zero-order valence-corrected chi connectivity index (χ0v) is 13.6. The fraction of sp³-hybridized carbons (Fsp3) is 0.529. The Labute approximate surface area is 132 Å². The van der Waals surface area contributed by atoms with Crippen LogP contribution in [0.4, 0.5) is 5.69 Å². The molecule has 2 amide bonds. The van der Waals surface area contributed by atoms with Crippen molar-refractivity contribution in [2.24, 2.45) is 5.92 Å². The van der Waals surface area contributed by atoms with Crippen LogP contribution in [-0.2, 0) is 16.0 Å². The Balaban J connectivity index is 2.53. The van der Waals surface area contributed by atoms with E-state index in [0.29, 0.717) is 6.42 Å². The van der Waals surface area contributed by atoms with Gasteiger partial charge in [-0.25, -0.2) is 0 Å². The lowest BCUT2D eigenvalue weighted by atomic mass is 10.0. The van der Waals surface area contributed by atoms with E-state index in [1.54, 1.807) is 12.1 Å². The number of carbonyl (C=O) groups is 2. The van der Waals surface area contributed by atoms with Crippen LogP contribution in [0.2, 0.25) is 0 Å². The predicted molar refractivity (Wildman–Crippen MR) is 87.5 cm³/mol. The smallest absolute Gasteiger partial charge is 0.224 e. The first-order valence-corrected chi connectivity index (χ1v) is 7.75. The molecule has 1 aromatic carbocycles. The summed E-state index contributed by atoms with van der Waals surface area (Å²) >= 11 is 0. The zero-order chi connectivity index (χ0) is 16.5. The molecule has 0 aliphatic heterocycles. The summed E-state index contributed by atoms with van der Waals surface area (Å²) in [7, 11) is 0. The maximum absolute atomic E-state index is 11.9. The van der Waals surface area contributed by atoms with Gasteiger partial charge in [-0.15, -0.1) is 0 Å². The topological polar surface area (TPSA) is 78.4 Å². The van der Waals surface area contributed by atoms with Gasteiger partial charge < -0.3 is 15.7 Å². The highest BCUT2D eigenvalue weighted by Gasteiger charge is 2.15. The molecule has 0 aromatic heterocycles. The number of aliphatic hydroxyl groups is 1. The number of hydrogen-bond acceptors (Lipinski definition) is 3. The second-order valence-corrected chi connectivity index (χ2v) is 5.77. The minimum atomic E-state index is -0.222. The number of amides is 2. The van der Waals surface area contributed by atoms with Crippen LogP contribution in [-0.4, -0.2) is 29.6 Å². The molecule has 122 valence electrons. The van der Waals surface area contributed by atoms with E-state index in [2.05, 4.69) is 10.6 Å². The largest absolute Gasteiger partial charge is 0.394 e. The normalized spacial score (nSPS) is 12.0. The number of nitrogens with one attached hydrogen (secondary N) is 2. The van der Waals surface area contributed by atoms with Gasteiger partial charge in [-0.3, -0.25) is 9.59 Å². The van der Waals surface area contributed by atoms with Crippen molar-refractivity contribution in [2.75, 3.05) is 11.9 Å². The van der Waals surface area contributed by atoms with Gasteiger partial charge in [-0.1, -0.05) is 32.9 Å². The summed E-state index contributed by atoms with van der Waals surface area (Å²) in [5.74, 6) is 0.0661. The first kappa shape index (κ1) is 18.2. The molecule has 0 bridgehead atoms. The molecule has 0 unspecified atom stereocenters. The monoisotopic (exact) mass is 306 g/mol. The Morgan fingerprint density at radius 1 is 1.14 bits per heavy atom. The van der Waals surface area contributed by atoms with Gasteiger partial charge in [0.1, 0.15) is 0 Å². The third-order valence-corrected chi connectivity index (χ3v) is 3.43. The highest BCUT2D eigenvalue weighted by atomic mass is 16.3. The molecule has 0 heterocycles. The van der Waals surface area contributed by atoms with Crippen molar-refractivity contribution in [3.8, 4) is 0 Å². The summed E-state index contributed by atoms with van der Waals surface area (Å²) in [5, 5.41) is 14.8. The molecular weight excluding hydrogens is 280 g/mol. The molecule has 0 saturated carbocycles. The molecule has 3 N–H and O–H groups in total. The number of rotatable bonds is 8. The third kappa shape index (κ3) is 6.26. The third-order valence-electron chi connectivity index (χ3n) is 3.43. The molecular formula is C17H26N2O3. The lowest BCUT2D eigenvalue weighted by molar-refractivity contribution is -0.121. The molecule has 0 aliphatic carbocycles. The van der Waals surface area contributed by atoms with E-state index in [1.807, 2.05) is 32.9 Å². The summed E-state index contributed by atoms with van der Waals surface area (Å²) in [6.07, 6.45) is 1.57. The number of hydrogen-bond donors (Lipinski definition) is 3. The van der Waals surface area contributed by atoms with Crippen LogP contribution in [0.25, 0.3) is 0 Å². The first-order chi connectivity index (χ1) is 10.5. The van der Waals surface area contributed by atoms with Gasteiger partial charge in [0.2, 0.25) is 11.8 Å². The zero-order valence-electron chi connectivity index (χ0n) is 13.6. The van der Waals surface area contributed by atoms with Crippen LogP contribution in [0.1, 0.15) is 39.2 Å². The van der Waals surface area contributed by atoms with Crippen LogP contribution in [0, 0.1) is 5.92 Å². The van der Waals surface area contributed by atoms with E-state index < -0.39 is 0 Å². The van der Waals surface area contributed by atoms with Crippen LogP contribution >= 0.6 is 0 Å². The summed E-state index contributed by atoms with van der Waals surface area (Å²) < 4.78 is 0. The molecule has 0 fully saturated rings. The van der Waals surface area contributed by atoms with Crippen molar-refractivity contribution in [1.29, 1.82) is 0 Å². The summed E-state index contributed by atoms with van der Waals surface area (Å²) in [6.45, 7) is 5.80. The van der Waals surface area contributed by atoms with E-state index in [9.17, 15) is 14.7 Å². The first-order valence-electron chi connectivity index (χ1n) is 7.75. The molecule has 1 aromatic rings. The molecule has 22 heavy (non-hydrogen) atoms. The lowest BCUT2D eigenvalue weighted by Gasteiger charge is -2.19. The van der Waals surface area contributed by atoms with Gasteiger partial charge in [0, 0.05) is 12.1 Å². The summed E-state index contributed by atoms with van der Waals surface area (Å²) in [6, 6.07) is 7.01. The average molecular weight is 306 g/mol. The van der Waals surface area contributed by atoms with E-state index >= 15 is 0 Å². The van der Waals surface area contributed by atoms with E-state index in [-0.39, 0.29) is 36.8 Å². The minimum Gasteiger partial charge on any atom is -0.394 e. The van der Waals surface area contributed by atoms with Crippen molar-refractivity contribution in [3.05, 3.63) is 29.8 Å².